The van der Waals surface area contributed by atoms with Crippen molar-refractivity contribution in [1.29, 1.82) is 0 Å². The lowest BCUT2D eigenvalue weighted by atomic mass is 10.2. The van der Waals surface area contributed by atoms with Crippen LogP contribution in [0.15, 0.2) is 0 Å². The standard InChI is InChI=1S/C10H21N3O/c1-4-12(3)10(14)8-13-6-5-11-7-9(13)2/h9,11H,4-8H2,1-3H3/t9-/m0/s1. The van der Waals surface area contributed by atoms with Crippen LogP contribution in [0.2, 0.25) is 0 Å². The summed E-state index contributed by atoms with van der Waals surface area (Å²) in [6, 6.07) is 0.470. The Bertz CT molecular complexity index is 196. The Morgan fingerprint density at radius 2 is 2.36 bits per heavy atom. The highest BCUT2D eigenvalue weighted by atomic mass is 16.2. The predicted octanol–water partition coefficient (Wildman–Crippen LogP) is -0.242. The van der Waals surface area contributed by atoms with E-state index in [-0.39, 0.29) is 5.91 Å². The van der Waals surface area contributed by atoms with Crippen LogP contribution in [0, 0.1) is 0 Å². The average Bonchev–Trinajstić information content (AvgIpc) is 2.20. The summed E-state index contributed by atoms with van der Waals surface area (Å²) < 4.78 is 0. The molecule has 0 bridgehead atoms. The zero-order valence-electron chi connectivity index (χ0n) is 9.42. The molecule has 14 heavy (non-hydrogen) atoms. The van der Waals surface area contributed by atoms with E-state index in [4.69, 9.17) is 0 Å². The van der Waals surface area contributed by atoms with E-state index in [9.17, 15) is 4.79 Å². The second-order valence-electron chi connectivity index (χ2n) is 3.93. The number of carbonyl (C=O) groups is 1. The topological polar surface area (TPSA) is 35.6 Å². The summed E-state index contributed by atoms with van der Waals surface area (Å²) in [4.78, 5) is 15.7. The van der Waals surface area contributed by atoms with Crippen LogP contribution < -0.4 is 5.32 Å². The first-order valence-corrected chi connectivity index (χ1v) is 5.34. The number of piperazine rings is 1. The van der Waals surface area contributed by atoms with Crippen molar-refractivity contribution in [3.63, 3.8) is 0 Å². The Hall–Kier alpha value is -0.610. The van der Waals surface area contributed by atoms with Crippen LogP contribution in [-0.2, 0) is 4.79 Å². The lowest BCUT2D eigenvalue weighted by Crippen LogP contribution is -2.52. The van der Waals surface area contributed by atoms with Crippen LogP contribution in [-0.4, -0.2) is 61.5 Å². The summed E-state index contributed by atoms with van der Waals surface area (Å²) in [6.45, 7) is 8.47. The van der Waals surface area contributed by atoms with E-state index < -0.39 is 0 Å². The Kier molecular flexibility index (Phi) is 4.35. The number of likely N-dealkylation sites (N-methyl/N-ethyl adjacent to an activating group) is 1. The third kappa shape index (κ3) is 2.96. The molecule has 0 aromatic heterocycles. The van der Waals surface area contributed by atoms with E-state index in [1.165, 1.54) is 0 Å². The molecule has 4 heteroatoms. The highest BCUT2D eigenvalue weighted by Gasteiger charge is 2.21. The number of nitrogens with zero attached hydrogens (tertiary/aromatic N) is 2. The minimum Gasteiger partial charge on any atom is -0.345 e. The summed E-state index contributed by atoms with van der Waals surface area (Å²) in [5.41, 5.74) is 0. The summed E-state index contributed by atoms with van der Waals surface area (Å²) >= 11 is 0. The smallest absolute Gasteiger partial charge is 0.236 e. The molecular formula is C10H21N3O. The molecule has 0 aromatic carbocycles. The Morgan fingerprint density at radius 1 is 1.64 bits per heavy atom. The SMILES string of the molecule is CCN(C)C(=O)CN1CCNC[C@@H]1C. The molecule has 1 amide bonds. The fourth-order valence-corrected chi connectivity index (χ4v) is 1.59. The highest BCUT2D eigenvalue weighted by Crippen LogP contribution is 2.02. The lowest BCUT2D eigenvalue weighted by molar-refractivity contribution is -0.131. The maximum absolute atomic E-state index is 11.7. The maximum atomic E-state index is 11.7. The fraction of sp³-hybridized carbons (Fsp3) is 0.900. The van der Waals surface area contributed by atoms with Crippen LogP contribution in [0.5, 0.6) is 0 Å². The van der Waals surface area contributed by atoms with E-state index in [0.717, 1.165) is 26.2 Å². The van der Waals surface area contributed by atoms with Gasteiger partial charge in [0.25, 0.3) is 0 Å². The fourth-order valence-electron chi connectivity index (χ4n) is 1.59. The maximum Gasteiger partial charge on any atom is 0.236 e. The third-order valence-electron chi connectivity index (χ3n) is 2.88. The van der Waals surface area contributed by atoms with Gasteiger partial charge in [0.15, 0.2) is 0 Å². The van der Waals surface area contributed by atoms with Crippen LogP contribution in [0.25, 0.3) is 0 Å². The van der Waals surface area contributed by atoms with Crippen molar-refractivity contribution in [1.82, 2.24) is 15.1 Å². The largest absolute Gasteiger partial charge is 0.345 e. The van der Waals surface area contributed by atoms with Crippen molar-refractivity contribution in [2.24, 2.45) is 0 Å². The quantitative estimate of drug-likeness (QED) is 0.681. The molecule has 82 valence electrons. The number of rotatable bonds is 3. The molecule has 1 rings (SSSR count). The van der Waals surface area contributed by atoms with Gasteiger partial charge < -0.3 is 10.2 Å². The van der Waals surface area contributed by atoms with Gasteiger partial charge in [-0.3, -0.25) is 9.69 Å². The van der Waals surface area contributed by atoms with Gasteiger partial charge in [0.1, 0.15) is 0 Å². The number of hydrogen-bond acceptors (Lipinski definition) is 3. The van der Waals surface area contributed by atoms with Gasteiger partial charge in [0.2, 0.25) is 5.91 Å². The van der Waals surface area contributed by atoms with E-state index >= 15 is 0 Å². The Balaban J connectivity index is 2.38. The van der Waals surface area contributed by atoms with Gasteiger partial charge in [0, 0.05) is 39.3 Å². The van der Waals surface area contributed by atoms with Crippen molar-refractivity contribution >= 4 is 5.91 Å². The van der Waals surface area contributed by atoms with Crippen molar-refractivity contribution in [2.75, 3.05) is 39.8 Å². The molecule has 0 radical (unpaired) electrons. The molecule has 1 aliphatic heterocycles. The van der Waals surface area contributed by atoms with Gasteiger partial charge in [-0.2, -0.15) is 0 Å². The minimum absolute atomic E-state index is 0.223. The normalized spacial score (nSPS) is 23.5. The van der Waals surface area contributed by atoms with E-state index in [1.807, 2.05) is 14.0 Å². The van der Waals surface area contributed by atoms with Gasteiger partial charge >= 0.3 is 0 Å². The van der Waals surface area contributed by atoms with Crippen molar-refractivity contribution < 1.29 is 4.79 Å². The second kappa shape index (κ2) is 5.32. The number of amides is 1. The van der Waals surface area contributed by atoms with E-state index in [2.05, 4.69) is 17.1 Å². The van der Waals surface area contributed by atoms with Gasteiger partial charge in [-0.25, -0.2) is 0 Å². The van der Waals surface area contributed by atoms with Crippen molar-refractivity contribution in [3.05, 3.63) is 0 Å². The Morgan fingerprint density at radius 3 is 2.93 bits per heavy atom. The molecular weight excluding hydrogens is 178 g/mol. The Labute approximate surface area is 86.2 Å². The molecule has 0 aliphatic carbocycles. The highest BCUT2D eigenvalue weighted by molar-refractivity contribution is 5.77. The monoisotopic (exact) mass is 199 g/mol. The first-order valence-electron chi connectivity index (χ1n) is 5.34. The summed E-state index contributed by atoms with van der Waals surface area (Å²) in [5.74, 6) is 0.223. The number of carbonyl (C=O) groups excluding carboxylic acids is 1. The molecule has 0 unspecified atom stereocenters. The molecule has 0 saturated carbocycles. The van der Waals surface area contributed by atoms with Gasteiger partial charge in [-0.05, 0) is 13.8 Å². The molecule has 4 nitrogen and oxygen atoms in total. The molecule has 1 heterocycles. The van der Waals surface area contributed by atoms with Crippen LogP contribution in [0.1, 0.15) is 13.8 Å². The third-order valence-corrected chi connectivity index (χ3v) is 2.88. The summed E-state index contributed by atoms with van der Waals surface area (Å²) in [5, 5.41) is 3.31. The molecule has 1 N–H and O–H groups in total. The van der Waals surface area contributed by atoms with Crippen LogP contribution >= 0.6 is 0 Å². The van der Waals surface area contributed by atoms with Crippen LogP contribution in [0.3, 0.4) is 0 Å². The molecule has 1 aliphatic rings. The summed E-state index contributed by atoms with van der Waals surface area (Å²) in [7, 11) is 1.86. The predicted molar refractivity (Wildman–Crippen MR) is 57.2 cm³/mol. The van der Waals surface area contributed by atoms with Gasteiger partial charge in [-0.1, -0.05) is 0 Å². The van der Waals surface area contributed by atoms with E-state index in [1.54, 1.807) is 4.90 Å². The van der Waals surface area contributed by atoms with Gasteiger partial charge in [0.05, 0.1) is 6.54 Å². The molecule has 1 atom stereocenters. The van der Waals surface area contributed by atoms with Crippen molar-refractivity contribution in [3.8, 4) is 0 Å². The lowest BCUT2D eigenvalue weighted by Gasteiger charge is -2.34. The number of nitrogens with one attached hydrogen (secondary N) is 1. The van der Waals surface area contributed by atoms with Crippen molar-refractivity contribution in [2.45, 2.75) is 19.9 Å². The summed E-state index contributed by atoms with van der Waals surface area (Å²) in [6.07, 6.45) is 0. The zero-order valence-corrected chi connectivity index (χ0v) is 9.42. The number of hydrogen-bond donors (Lipinski definition) is 1. The average molecular weight is 199 g/mol. The molecule has 1 fully saturated rings. The van der Waals surface area contributed by atoms with Gasteiger partial charge in [-0.15, -0.1) is 0 Å². The molecule has 1 saturated heterocycles. The zero-order chi connectivity index (χ0) is 10.6. The molecule has 0 aromatic rings. The van der Waals surface area contributed by atoms with E-state index in [0.29, 0.717) is 12.6 Å². The van der Waals surface area contributed by atoms with Crippen LogP contribution in [0.4, 0.5) is 0 Å². The second-order valence-corrected chi connectivity index (χ2v) is 3.93. The first kappa shape index (κ1) is 11.5. The molecule has 0 spiro atoms. The first-order chi connectivity index (χ1) is 6.65. The minimum atomic E-state index is 0.223.